The SMILES string of the molecule is COc1c(C)c(OC)c2c(c1O)C1[C@@H]3Cc4c(O)c(C)c(OC)c(OC)c4[C@H](CO)N3C(=O)C(C2)N1C. The maximum Gasteiger partial charge on any atom is 0.241 e. The van der Waals surface area contributed by atoms with Crippen LogP contribution in [0.3, 0.4) is 0 Å². The molecule has 2 aromatic carbocycles. The average Bonchev–Trinajstić information content (AvgIpc) is 2.88. The number of nitrogens with zero attached hydrogens (tertiary/aromatic N) is 2. The van der Waals surface area contributed by atoms with Crippen LogP contribution in [0, 0.1) is 13.8 Å². The maximum atomic E-state index is 14.1. The molecule has 37 heavy (non-hydrogen) atoms. The third-order valence-electron chi connectivity index (χ3n) is 8.46. The summed E-state index contributed by atoms with van der Waals surface area (Å²) < 4.78 is 22.6. The first-order valence-corrected chi connectivity index (χ1v) is 12.3. The van der Waals surface area contributed by atoms with Crippen LogP contribution in [0.1, 0.15) is 45.5 Å². The lowest BCUT2D eigenvalue weighted by molar-refractivity contribution is -0.158. The van der Waals surface area contributed by atoms with Gasteiger partial charge in [-0.1, -0.05) is 0 Å². The van der Waals surface area contributed by atoms with Gasteiger partial charge in [-0.3, -0.25) is 9.69 Å². The number of methoxy groups -OCH3 is 4. The minimum Gasteiger partial charge on any atom is -0.507 e. The number of piperazine rings is 1. The number of fused-ring (bicyclic) bond motifs is 7. The third kappa shape index (κ3) is 3.15. The third-order valence-corrected chi connectivity index (χ3v) is 8.46. The van der Waals surface area contributed by atoms with Crippen LogP contribution >= 0.6 is 0 Å². The summed E-state index contributed by atoms with van der Waals surface area (Å²) in [7, 11) is 7.93. The zero-order valence-corrected chi connectivity index (χ0v) is 22.2. The fraction of sp³-hybridized carbons (Fsp3) is 0.519. The number of phenols is 2. The zero-order valence-electron chi connectivity index (χ0n) is 22.2. The average molecular weight is 515 g/mol. The number of aromatic hydroxyl groups is 2. The van der Waals surface area contributed by atoms with E-state index in [1.165, 1.54) is 21.3 Å². The number of benzene rings is 2. The van der Waals surface area contributed by atoms with Crippen molar-refractivity contribution in [2.75, 3.05) is 42.1 Å². The van der Waals surface area contributed by atoms with E-state index < -0.39 is 24.2 Å². The Hall–Kier alpha value is -3.37. The van der Waals surface area contributed by atoms with Crippen LogP contribution in [-0.4, -0.2) is 85.2 Å². The molecule has 3 aliphatic heterocycles. The number of carbonyl (C=O) groups is 1. The van der Waals surface area contributed by atoms with Gasteiger partial charge in [-0.15, -0.1) is 0 Å². The van der Waals surface area contributed by atoms with Gasteiger partial charge in [0.15, 0.2) is 23.0 Å². The van der Waals surface area contributed by atoms with Crippen LogP contribution in [0.25, 0.3) is 0 Å². The van der Waals surface area contributed by atoms with Crippen LogP contribution in [0.2, 0.25) is 0 Å². The minimum absolute atomic E-state index is 0.0134. The van der Waals surface area contributed by atoms with Crippen molar-refractivity contribution in [2.24, 2.45) is 0 Å². The van der Waals surface area contributed by atoms with E-state index in [1.54, 1.807) is 18.9 Å². The van der Waals surface area contributed by atoms with Crippen molar-refractivity contribution in [3.63, 3.8) is 0 Å². The van der Waals surface area contributed by atoms with E-state index in [2.05, 4.69) is 0 Å². The van der Waals surface area contributed by atoms with E-state index in [0.29, 0.717) is 57.2 Å². The van der Waals surface area contributed by atoms with Crippen molar-refractivity contribution in [1.82, 2.24) is 9.80 Å². The van der Waals surface area contributed by atoms with Crippen molar-refractivity contribution in [3.8, 4) is 34.5 Å². The van der Waals surface area contributed by atoms with Crippen LogP contribution in [0.15, 0.2) is 0 Å². The summed E-state index contributed by atoms with van der Waals surface area (Å²) >= 11 is 0. The smallest absolute Gasteiger partial charge is 0.241 e. The summed E-state index contributed by atoms with van der Waals surface area (Å²) in [5.41, 5.74) is 3.73. The number of phenolic OH excluding ortho intramolecular Hbond substituents is 2. The monoisotopic (exact) mass is 514 g/mol. The Balaban J connectivity index is 1.80. The van der Waals surface area contributed by atoms with E-state index in [9.17, 15) is 20.1 Å². The first-order chi connectivity index (χ1) is 17.7. The topological polar surface area (TPSA) is 121 Å². The second-order valence-corrected chi connectivity index (χ2v) is 9.91. The predicted molar refractivity (Wildman–Crippen MR) is 134 cm³/mol. The van der Waals surface area contributed by atoms with Gasteiger partial charge in [-0.25, -0.2) is 0 Å². The van der Waals surface area contributed by atoms with Gasteiger partial charge in [0.25, 0.3) is 0 Å². The number of aliphatic hydroxyl groups excluding tert-OH is 1. The summed E-state index contributed by atoms with van der Waals surface area (Å²) in [5, 5.41) is 33.3. The molecule has 2 aromatic rings. The fourth-order valence-corrected chi connectivity index (χ4v) is 6.91. The molecule has 0 spiro atoms. The molecule has 1 amide bonds. The highest BCUT2D eigenvalue weighted by Gasteiger charge is 2.56. The predicted octanol–water partition coefficient (Wildman–Crippen LogP) is 2.15. The van der Waals surface area contributed by atoms with Gasteiger partial charge in [-0.05, 0) is 27.3 Å². The number of likely N-dealkylation sites (N-methyl/N-ethyl adjacent to an activating group) is 1. The lowest BCUT2D eigenvalue weighted by Gasteiger charge is -2.57. The van der Waals surface area contributed by atoms with E-state index in [4.69, 9.17) is 18.9 Å². The molecule has 2 bridgehead atoms. The molecule has 3 aliphatic rings. The number of carbonyl (C=O) groups excluding carboxylic acids is 1. The van der Waals surface area contributed by atoms with Gasteiger partial charge in [0.1, 0.15) is 11.5 Å². The Kier molecular flexibility index (Phi) is 6.07. The van der Waals surface area contributed by atoms with E-state index in [-0.39, 0.29) is 30.4 Å². The van der Waals surface area contributed by atoms with E-state index in [1.807, 2.05) is 18.9 Å². The Morgan fingerprint density at radius 2 is 1.43 bits per heavy atom. The lowest BCUT2D eigenvalue weighted by atomic mass is 9.73. The van der Waals surface area contributed by atoms with Crippen LogP contribution < -0.4 is 18.9 Å². The molecule has 1 fully saturated rings. The lowest BCUT2D eigenvalue weighted by Crippen LogP contribution is -2.67. The largest absolute Gasteiger partial charge is 0.507 e. The van der Waals surface area contributed by atoms with Crippen LogP contribution in [0.5, 0.6) is 34.5 Å². The van der Waals surface area contributed by atoms with Crippen LogP contribution in [-0.2, 0) is 17.6 Å². The maximum absolute atomic E-state index is 14.1. The second kappa shape index (κ2) is 8.88. The van der Waals surface area contributed by atoms with Gasteiger partial charge in [-0.2, -0.15) is 0 Å². The normalized spacial score (nSPS) is 24.2. The number of amides is 1. The second-order valence-electron chi connectivity index (χ2n) is 9.91. The zero-order chi connectivity index (χ0) is 26.9. The van der Waals surface area contributed by atoms with Crippen molar-refractivity contribution in [3.05, 3.63) is 33.4 Å². The van der Waals surface area contributed by atoms with Crippen LogP contribution in [0.4, 0.5) is 0 Å². The van der Waals surface area contributed by atoms with Crippen molar-refractivity contribution < 1.29 is 39.1 Å². The minimum atomic E-state index is -0.770. The standard InChI is InChI=1S/C27H34N2O8/c1-11-21(31)13-8-15-20-19-14(23(34-4)12(2)24(35-5)22(19)32)9-16(28(20)3)27(33)29(15)17(10-30)18(13)26(37-7)25(11)36-6/h15-17,20,30-32H,8-10H2,1-7H3/t15-,16?,17-,20?/m0/s1. The number of hydrogen-bond acceptors (Lipinski definition) is 9. The molecular weight excluding hydrogens is 480 g/mol. The molecule has 5 rings (SSSR count). The molecule has 200 valence electrons. The Morgan fingerprint density at radius 1 is 0.811 bits per heavy atom. The Bertz CT molecular complexity index is 1290. The molecule has 10 nitrogen and oxygen atoms in total. The van der Waals surface area contributed by atoms with E-state index >= 15 is 0 Å². The van der Waals surface area contributed by atoms with E-state index in [0.717, 1.165) is 5.56 Å². The summed E-state index contributed by atoms with van der Waals surface area (Å²) in [6, 6.07) is -2.24. The van der Waals surface area contributed by atoms with Crippen molar-refractivity contribution >= 4 is 5.91 Å². The molecule has 1 saturated heterocycles. The Morgan fingerprint density at radius 3 is 2.00 bits per heavy atom. The first kappa shape index (κ1) is 25.3. The highest BCUT2D eigenvalue weighted by molar-refractivity contribution is 5.87. The van der Waals surface area contributed by atoms with Gasteiger partial charge >= 0.3 is 0 Å². The molecule has 0 aliphatic carbocycles. The van der Waals surface area contributed by atoms with Gasteiger partial charge < -0.3 is 39.2 Å². The molecule has 3 N–H and O–H groups in total. The molecular formula is C27H34N2O8. The molecule has 0 saturated carbocycles. The molecule has 0 radical (unpaired) electrons. The number of hydrogen-bond donors (Lipinski definition) is 3. The number of aliphatic hydroxyl groups is 1. The summed E-state index contributed by atoms with van der Waals surface area (Å²) in [5.74, 6) is 1.59. The van der Waals surface area contributed by atoms with Gasteiger partial charge in [0.05, 0.1) is 59.2 Å². The van der Waals surface area contributed by atoms with Crippen molar-refractivity contribution in [1.29, 1.82) is 0 Å². The van der Waals surface area contributed by atoms with Crippen molar-refractivity contribution in [2.45, 2.75) is 50.9 Å². The van der Waals surface area contributed by atoms with Gasteiger partial charge in [0.2, 0.25) is 5.91 Å². The first-order valence-electron chi connectivity index (χ1n) is 12.3. The summed E-state index contributed by atoms with van der Waals surface area (Å²) in [6.07, 6.45) is 0.611. The highest BCUT2D eigenvalue weighted by atomic mass is 16.5. The number of rotatable bonds is 5. The quantitative estimate of drug-likeness (QED) is 0.551. The fourth-order valence-electron chi connectivity index (χ4n) is 6.91. The molecule has 10 heteroatoms. The molecule has 3 heterocycles. The molecule has 4 atom stereocenters. The summed E-state index contributed by atoms with van der Waals surface area (Å²) in [6.45, 7) is 3.19. The summed E-state index contributed by atoms with van der Waals surface area (Å²) in [4.78, 5) is 17.8. The Labute approximate surface area is 215 Å². The number of ether oxygens (including phenoxy) is 4. The molecule has 0 aromatic heterocycles. The highest BCUT2D eigenvalue weighted by Crippen LogP contribution is 2.57. The van der Waals surface area contributed by atoms with Gasteiger partial charge in [0, 0.05) is 39.8 Å². The molecule has 2 unspecified atom stereocenters.